The van der Waals surface area contributed by atoms with E-state index in [1.54, 1.807) is 13.2 Å². The number of amides is 1. The second-order valence-electron chi connectivity index (χ2n) is 8.50. The maximum Gasteiger partial charge on any atom is 0.246 e. The molecule has 0 saturated carbocycles. The van der Waals surface area contributed by atoms with E-state index in [9.17, 15) is 4.79 Å². The number of carbonyl (C=O) groups excluding carboxylic acids is 1. The van der Waals surface area contributed by atoms with Gasteiger partial charge in [-0.3, -0.25) is 4.79 Å². The maximum absolute atomic E-state index is 13.2. The van der Waals surface area contributed by atoms with Gasteiger partial charge in [0.25, 0.3) is 0 Å². The van der Waals surface area contributed by atoms with Gasteiger partial charge in [0, 0.05) is 44.9 Å². The molecule has 0 aliphatic carbocycles. The van der Waals surface area contributed by atoms with Crippen molar-refractivity contribution in [3.05, 3.63) is 100 Å². The molecule has 4 rings (SSSR count). The molecule has 3 aromatic rings. The zero-order valence-electron chi connectivity index (χ0n) is 19.3. The van der Waals surface area contributed by atoms with Gasteiger partial charge in [-0.25, -0.2) is 0 Å². The highest BCUT2D eigenvalue weighted by molar-refractivity contribution is 6.32. The van der Waals surface area contributed by atoms with Crippen molar-refractivity contribution in [1.82, 2.24) is 4.90 Å². The topological polar surface area (TPSA) is 32.8 Å². The average molecular weight is 461 g/mol. The Kier molecular flexibility index (Phi) is 7.05. The first-order valence-corrected chi connectivity index (χ1v) is 11.5. The minimum Gasteiger partial charge on any atom is -0.495 e. The van der Waals surface area contributed by atoms with Crippen LogP contribution < -0.4 is 9.64 Å². The molecule has 3 aromatic carbocycles. The summed E-state index contributed by atoms with van der Waals surface area (Å²) in [6.45, 7) is 1.24. The molecule has 1 atom stereocenters. The van der Waals surface area contributed by atoms with Gasteiger partial charge in [-0.15, -0.1) is 0 Å². The van der Waals surface area contributed by atoms with Crippen LogP contribution in [0.3, 0.4) is 0 Å². The molecule has 5 heteroatoms. The third-order valence-corrected chi connectivity index (χ3v) is 6.48. The standard InChI is InChI=1S/C28H29ClN2O2/c1-30(2)23-12-9-20(10-13-23)11-14-28(32)31-16-15-22-17-26(29)27(33-3)18-24(22)25(19-31)21-7-5-4-6-8-21/h4-14,17-18,25H,15-16,19H2,1-3H3/b14-11+. The highest BCUT2D eigenvalue weighted by atomic mass is 35.5. The quantitative estimate of drug-likeness (QED) is 0.461. The first-order valence-electron chi connectivity index (χ1n) is 11.1. The number of methoxy groups -OCH3 is 1. The Morgan fingerprint density at radius 3 is 2.48 bits per heavy atom. The maximum atomic E-state index is 13.2. The number of rotatable bonds is 5. The van der Waals surface area contributed by atoms with Crippen LogP contribution in [-0.2, 0) is 11.2 Å². The number of ether oxygens (including phenoxy) is 1. The van der Waals surface area contributed by atoms with Crippen molar-refractivity contribution in [2.75, 3.05) is 39.2 Å². The first-order chi connectivity index (χ1) is 16.0. The van der Waals surface area contributed by atoms with Crippen molar-refractivity contribution in [3.8, 4) is 5.75 Å². The summed E-state index contributed by atoms with van der Waals surface area (Å²) in [6.07, 6.45) is 4.31. The van der Waals surface area contributed by atoms with E-state index in [2.05, 4.69) is 29.2 Å². The van der Waals surface area contributed by atoms with Crippen molar-refractivity contribution < 1.29 is 9.53 Å². The molecule has 1 amide bonds. The molecule has 170 valence electrons. The molecule has 1 aliphatic rings. The zero-order valence-corrected chi connectivity index (χ0v) is 20.0. The normalized spacial score (nSPS) is 15.8. The molecule has 0 N–H and O–H groups in total. The fraction of sp³-hybridized carbons (Fsp3) is 0.250. The fourth-order valence-electron chi connectivity index (χ4n) is 4.30. The third-order valence-electron chi connectivity index (χ3n) is 6.18. The summed E-state index contributed by atoms with van der Waals surface area (Å²) in [7, 11) is 5.66. The summed E-state index contributed by atoms with van der Waals surface area (Å²) >= 11 is 6.44. The Balaban J connectivity index is 1.61. The van der Waals surface area contributed by atoms with Crippen LogP contribution in [0.1, 0.15) is 28.2 Å². The lowest BCUT2D eigenvalue weighted by Gasteiger charge is -2.25. The molecule has 1 heterocycles. The summed E-state index contributed by atoms with van der Waals surface area (Å²) < 4.78 is 5.49. The predicted octanol–water partition coefficient (Wildman–Crippen LogP) is 5.64. The SMILES string of the molecule is COc1cc2c(cc1Cl)CCN(C(=O)/C=C/c1ccc(N(C)C)cc1)CC2c1ccccc1. The molecule has 0 saturated heterocycles. The number of nitrogens with zero attached hydrogens (tertiary/aromatic N) is 2. The first kappa shape index (κ1) is 22.9. The van der Waals surface area contributed by atoms with Gasteiger partial charge < -0.3 is 14.5 Å². The second kappa shape index (κ2) is 10.1. The number of anilines is 1. The monoisotopic (exact) mass is 460 g/mol. The number of carbonyl (C=O) groups is 1. The Hall–Kier alpha value is -3.24. The van der Waals surface area contributed by atoms with Crippen LogP contribution in [0.5, 0.6) is 5.75 Å². The molecule has 0 radical (unpaired) electrons. The number of hydrogen-bond acceptors (Lipinski definition) is 3. The van der Waals surface area contributed by atoms with Gasteiger partial charge >= 0.3 is 0 Å². The van der Waals surface area contributed by atoms with Gasteiger partial charge in [0.1, 0.15) is 5.75 Å². The Bertz CT molecular complexity index is 1140. The Morgan fingerprint density at radius 2 is 1.82 bits per heavy atom. The predicted molar refractivity (Wildman–Crippen MR) is 136 cm³/mol. The van der Waals surface area contributed by atoms with Crippen LogP contribution in [0.2, 0.25) is 5.02 Å². The van der Waals surface area contributed by atoms with Gasteiger partial charge in [0.05, 0.1) is 12.1 Å². The zero-order chi connectivity index (χ0) is 23.4. The lowest BCUT2D eigenvalue weighted by atomic mass is 9.88. The van der Waals surface area contributed by atoms with E-state index in [4.69, 9.17) is 16.3 Å². The summed E-state index contributed by atoms with van der Waals surface area (Å²) in [5.41, 5.74) is 5.63. The van der Waals surface area contributed by atoms with Crippen molar-refractivity contribution in [3.63, 3.8) is 0 Å². The number of fused-ring (bicyclic) bond motifs is 1. The number of halogens is 1. The molecule has 1 aliphatic heterocycles. The van der Waals surface area contributed by atoms with Gasteiger partial charge in [0.15, 0.2) is 0 Å². The van der Waals surface area contributed by atoms with Crippen LogP contribution in [0.15, 0.2) is 72.8 Å². The number of benzene rings is 3. The largest absolute Gasteiger partial charge is 0.495 e. The average Bonchev–Trinajstić information content (AvgIpc) is 3.02. The van der Waals surface area contributed by atoms with Crippen molar-refractivity contribution in [2.45, 2.75) is 12.3 Å². The van der Waals surface area contributed by atoms with Crippen molar-refractivity contribution in [2.24, 2.45) is 0 Å². The van der Waals surface area contributed by atoms with Crippen molar-refractivity contribution >= 4 is 29.3 Å². The molecule has 0 spiro atoms. The fourth-order valence-corrected chi connectivity index (χ4v) is 4.56. The second-order valence-corrected chi connectivity index (χ2v) is 8.91. The number of hydrogen-bond donors (Lipinski definition) is 0. The van der Waals surface area contributed by atoms with E-state index in [0.29, 0.717) is 23.9 Å². The molecule has 33 heavy (non-hydrogen) atoms. The van der Waals surface area contributed by atoms with E-state index < -0.39 is 0 Å². The molecule has 0 aromatic heterocycles. The van der Waals surface area contributed by atoms with Gasteiger partial charge in [0.2, 0.25) is 5.91 Å². The molecule has 0 fully saturated rings. The highest BCUT2D eigenvalue weighted by Crippen LogP contribution is 2.37. The van der Waals surface area contributed by atoms with Crippen LogP contribution in [-0.4, -0.2) is 45.1 Å². The third kappa shape index (κ3) is 5.23. The Labute approximate surface area is 201 Å². The minimum absolute atomic E-state index is 0.0125. The summed E-state index contributed by atoms with van der Waals surface area (Å²) in [5, 5.41) is 0.601. The van der Waals surface area contributed by atoms with Crippen LogP contribution in [0, 0.1) is 0 Å². The highest BCUT2D eigenvalue weighted by Gasteiger charge is 2.27. The summed E-state index contributed by atoms with van der Waals surface area (Å²) in [6, 6.07) is 22.5. The molecule has 4 nitrogen and oxygen atoms in total. The molecule has 1 unspecified atom stereocenters. The van der Waals surface area contributed by atoms with Gasteiger partial charge in [-0.2, -0.15) is 0 Å². The van der Waals surface area contributed by atoms with Crippen LogP contribution in [0.25, 0.3) is 6.08 Å². The molecular weight excluding hydrogens is 432 g/mol. The van der Waals surface area contributed by atoms with Gasteiger partial charge in [-0.05, 0) is 59.0 Å². The van der Waals surface area contributed by atoms with Gasteiger partial charge in [-0.1, -0.05) is 54.1 Å². The summed E-state index contributed by atoms with van der Waals surface area (Å²) in [5.74, 6) is 0.724. The van der Waals surface area contributed by atoms with Crippen LogP contribution >= 0.6 is 11.6 Å². The van der Waals surface area contributed by atoms with E-state index in [-0.39, 0.29) is 11.8 Å². The lowest BCUT2D eigenvalue weighted by Crippen LogP contribution is -2.33. The molecule has 0 bridgehead atoms. The molecular formula is C28H29ClN2O2. The summed E-state index contributed by atoms with van der Waals surface area (Å²) in [4.78, 5) is 17.2. The smallest absolute Gasteiger partial charge is 0.246 e. The Morgan fingerprint density at radius 1 is 1.09 bits per heavy atom. The van der Waals surface area contributed by atoms with E-state index >= 15 is 0 Å². The minimum atomic E-state index is 0.0125. The van der Waals surface area contributed by atoms with E-state index in [1.807, 2.05) is 67.5 Å². The van der Waals surface area contributed by atoms with Crippen LogP contribution in [0.4, 0.5) is 5.69 Å². The lowest BCUT2D eigenvalue weighted by molar-refractivity contribution is -0.126. The van der Waals surface area contributed by atoms with Crippen molar-refractivity contribution in [1.29, 1.82) is 0 Å². The van der Waals surface area contributed by atoms with E-state index in [0.717, 1.165) is 23.2 Å². The van der Waals surface area contributed by atoms with E-state index in [1.165, 1.54) is 11.1 Å².